The summed E-state index contributed by atoms with van der Waals surface area (Å²) in [6, 6.07) is 13.4. The number of hydrogen-bond donors (Lipinski definition) is 1. The van der Waals surface area contributed by atoms with E-state index in [1.54, 1.807) is 4.90 Å². The summed E-state index contributed by atoms with van der Waals surface area (Å²) in [5.74, 6) is -1.93. The number of rotatable bonds is 5. The molecule has 7 heteroatoms. The van der Waals surface area contributed by atoms with Crippen molar-refractivity contribution >= 4 is 29.2 Å². The van der Waals surface area contributed by atoms with Gasteiger partial charge in [-0.25, -0.2) is 9.18 Å². The summed E-state index contributed by atoms with van der Waals surface area (Å²) in [4.78, 5) is 27.5. The minimum atomic E-state index is -1.19. The van der Waals surface area contributed by atoms with E-state index in [1.807, 2.05) is 65.0 Å². The molecule has 0 aliphatic carbocycles. The first-order chi connectivity index (χ1) is 16.9. The fourth-order valence-electron chi connectivity index (χ4n) is 4.69. The number of carboxylic acids is 1. The average Bonchev–Trinajstić information content (AvgIpc) is 3.19. The van der Waals surface area contributed by atoms with Crippen LogP contribution in [-0.2, 0) is 16.0 Å². The van der Waals surface area contributed by atoms with E-state index in [9.17, 15) is 19.1 Å². The molecule has 1 atom stereocenters. The van der Waals surface area contributed by atoms with Crippen LogP contribution in [0.5, 0.6) is 0 Å². The number of aliphatic carboxylic acids is 1. The van der Waals surface area contributed by atoms with Crippen LogP contribution in [0.3, 0.4) is 0 Å². The lowest BCUT2D eigenvalue weighted by atomic mass is 9.86. The average molecular weight is 510 g/mol. The number of fused-ring (bicyclic) bond motifs is 1. The molecule has 0 bridgehead atoms. The van der Waals surface area contributed by atoms with Gasteiger partial charge in [0.1, 0.15) is 5.82 Å². The molecule has 188 valence electrons. The van der Waals surface area contributed by atoms with Gasteiger partial charge < -0.3 is 14.7 Å². The lowest BCUT2D eigenvalue weighted by Gasteiger charge is -2.29. The van der Waals surface area contributed by atoms with Gasteiger partial charge in [0.2, 0.25) is 0 Å². The Balaban J connectivity index is 1.93. The van der Waals surface area contributed by atoms with E-state index in [0.717, 1.165) is 28.3 Å². The molecule has 3 aromatic rings. The highest BCUT2D eigenvalue weighted by Crippen LogP contribution is 2.45. The van der Waals surface area contributed by atoms with Gasteiger partial charge >= 0.3 is 5.97 Å². The predicted octanol–water partition coefficient (Wildman–Crippen LogP) is 6.91. The van der Waals surface area contributed by atoms with E-state index in [1.165, 1.54) is 12.1 Å². The molecule has 1 amide bonds. The summed E-state index contributed by atoms with van der Waals surface area (Å²) in [6.07, 6.45) is -0.666. The molecule has 0 aromatic heterocycles. The summed E-state index contributed by atoms with van der Waals surface area (Å²) in [5, 5.41) is 10.2. The molecule has 0 spiro atoms. The number of carbonyl (C=O) groups excluding carboxylic acids is 1. The zero-order valence-corrected chi connectivity index (χ0v) is 21.7. The van der Waals surface area contributed by atoms with Crippen LogP contribution < -0.4 is 4.90 Å². The number of carbonyl (C=O) groups is 2. The largest absolute Gasteiger partial charge is 0.479 e. The van der Waals surface area contributed by atoms with Crippen LogP contribution in [0.2, 0.25) is 5.02 Å². The summed E-state index contributed by atoms with van der Waals surface area (Å²) in [7, 11) is 0. The maximum atomic E-state index is 13.6. The number of benzene rings is 3. The number of hydrogen-bond acceptors (Lipinski definition) is 3. The van der Waals surface area contributed by atoms with Crippen LogP contribution in [0.15, 0.2) is 48.5 Å². The molecular weight excluding hydrogens is 481 g/mol. The second-order valence-corrected chi connectivity index (χ2v) is 10.5. The van der Waals surface area contributed by atoms with Crippen molar-refractivity contribution in [3.63, 3.8) is 0 Å². The Morgan fingerprint density at radius 1 is 1.08 bits per heavy atom. The van der Waals surface area contributed by atoms with E-state index < -0.39 is 23.5 Å². The molecule has 4 rings (SSSR count). The Morgan fingerprint density at radius 2 is 1.75 bits per heavy atom. The zero-order valence-electron chi connectivity index (χ0n) is 21.0. The second-order valence-electron chi connectivity index (χ2n) is 10.1. The molecule has 1 N–H and O–H groups in total. The van der Waals surface area contributed by atoms with Crippen LogP contribution in [0.25, 0.3) is 11.1 Å². The third-order valence-corrected chi connectivity index (χ3v) is 6.55. The Morgan fingerprint density at radius 3 is 2.33 bits per heavy atom. The van der Waals surface area contributed by atoms with Gasteiger partial charge in [-0.1, -0.05) is 41.4 Å². The van der Waals surface area contributed by atoms with E-state index in [2.05, 4.69) is 0 Å². The first kappa shape index (κ1) is 25.9. The lowest BCUT2D eigenvalue weighted by molar-refractivity contribution is -0.160. The number of nitrogens with zero attached hydrogens (tertiary/aromatic N) is 1. The maximum Gasteiger partial charge on any atom is 0.337 e. The molecule has 0 saturated carbocycles. The number of halogens is 2. The molecule has 1 heterocycles. The minimum absolute atomic E-state index is 0.0464. The van der Waals surface area contributed by atoms with Crippen LogP contribution in [0.4, 0.5) is 10.1 Å². The molecule has 1 aliphatic heterocycles. The number of anilines is 1. The van der Waals surface area contributed by atoms with Gasteiger partial charge in [-0.15, -0.1) is 0 Å². The Bertz CT molecular complexity index is 1340. The molecule has 0 fully saturated rings. The van der Waals surface area contributed by atoms with Crippen molar-refractivity contribution in [2.24, 2.45) is 0 Å². The smallest absolute Gasteiger partial charge is 0.337 e. The highest BCUT2D eigenvalue weighted by atomic mass is 35.5. The van der Waals surface area contributed by atoms with E-state index in [-0.39, 0.29) is 16.5 Å². The normalized spacial score (nSPS) is 14.0. The minimum Gasteiger partial charge on any atom is -0.479 e. The topological polar surface area (TPSA) is 66.8 Å². The number of ether oxygens (including phenoxy) is 1. The molecular formula is C29H29ClFNO4. The number of aryl methyl sites for hydroxylation is 2. The fourth-order valence-corrected chi connectivity index (χ4v) is 4.94. The second kappa shape index (κ2) is 9.68. The Hall–Kier alpha value is -3.22. The third kappa shape index (κ3) is 5.01. The maximum absolute atomic E-state index is 13.6. The molecule has 36 heavy (non-hydrogen) atoms. The van der Waals surface area contributed by atoms with E-state index >= 15 is 0 Å². The van der Waals surface area contributed by atoms with Crippen LogP contribution in [0.1, 0.15) is 59.5 Å². The number of amides is 1. The van der Waals surface area contributed by atoms with Gasteiger partial charge in [0.05, 0.1) is 16.2 Å². The van der Waals surface area contributed by atoms with E-state index in [4.69, 9.17) is 16.3 Å². The van der Waals surface area contributed by atoms with Crippen molar-refractivity contribution in [2.45, 2.75) is 52.7 Å². The fraction of sp³-hybridized carbons (Fsp3) is 0.310. The van der Waals surface area contributed by atoms with Crippen molar-refractivity contribution in [1.82, 2.24) is 0 Å². The van der Waals surface area contributed by atoms with E-state index in [0.29, 0.717) is 29.8 Å². The molecule has 0 radical (unpaired) electrons. The number of carboxylic acid groups (broad SMARTS) is 1. The molecule has 0 unspecified atom stereocenters. The van der Waals surface area contributed by atoms with Crippen LogP contribution >= 0.6 is 11.6 Å². The van der Waals surface area contributed by atoms with Crippen molar-refractivity contribution in [3.05, 3.63) is 87.2 Å². The SMILES string of the molecule is Cc1ccc(-c2c3c(cc(C)c2[C@H](OC(C)(C)C)C(=O)O)N(C(=O)c2ccc(F)cc2Cl)CC3)cc1. The first-order valence-electron chi connectivity index (χ1n) is 11.8. The monoisotopic (exact) mass is 509 g/mol. The quantitative estimate of drug-likeness (QED) is 0.406. The molecule has 3 aromatic carbocycles. The summed E-state index contributed by atoms with van der Waals surface area (Å²) < 4.78 is 19.6. The van der Waals surface area contributed by atoms with Gasteiger partial charge in [-0.2, -0.15) is 0 Å². The standard InChI is InChI=1S/C29H29ClFNO4/c1-16-6-8-18(9-7-16)25-21-12-13-32(27(33)20-11-10-19(31)15-22(20)30)23(21)14-17(2)24(25)26(28(34)35)36-29(3,4)5/h6-11,14-15,26H,12-13H2,1-5H3,(H,34,35)/t26-/m0/s1. The summed E-state index contributed by atoms with van der Waals surface area (Å²) in [5.41, 5.74) is 5.06. The lowest BCUT2D eigenvalue weighted by Crippen LogP contribution is -2.30. The van der Waals surface area contributed by atoms with Gasteiger partial charge in [0.25, 0.3) is 5.91 Å². The molecule has 5 nitrogen and oxygen atoms in total. The van der Waals surface area contributed by atoms with Crippen molar-refractivity contribution in [1.29, 1.82) is 0 Å². The summed E-state index contributed by atoms with van der Waals surface area (Å²) in [6.45, 7) is 9.68. The third-order valence-electron chi connectivity index (χ3n) is 6.24. The molecule has 0 saturated heterocycles. The van der Waals surface area contributed by atoms with Crippen molar-refractivity contribution in [3.8, 4) is 11.1 Å². The highest BCUT2D eigenvalue weighted by Gasteiger charge is 2.36. The Kier molecular flexibility index (Phi) is 6.95. The van der Waals surface area contributed by atoms with Gasteiger partial charge in [0.15, 0.2) is 6.10 Å². The van der Waals surface area contributed by atoms with Crippen LogP contribution in [0, 0.1) is 19.7 Å². The van der Waals surface area contributed by atoms with Gasteiger partial charge in [-0.3, -0.25) is 4.79 Å². The van der Waals surface area contributed by atoms with Crippen LogP contribution in [-0.4, -0.2) is 29.1 Å². The van der Waals surface area contributed by atoms with Crippen molar-refractivity contribution in [2.75, 3.05) is 11.4 Å². The zero-order chi connectivity index (χ0) is 26.4. The summed E-state index contributed by atoms with van der Waals surface area (Å²) >= 11 is 6.20. The molecule has 1 aliphatic rings. The highest BCUT2D eigenvalue weighted by molar-refractivity contribution is 6.34. The van der Waals surface area contributed by atoms with Crippen molar-refractivity contribution < 1.29 is 23.8 Å². The predicted molar refractivity (Wildman–Crippen MR) is 139 cm³/mol. The first-order valence-corrected chi connectivity index (χ1v) is 12.2. The van der Waals surface area contributed by atoms with Gasteiger partial charge in [-0.05, 0) is 87.6 Å². The Labute approximate surface area is 215 Å². The van der Waals surface area contributed by atoms with Gasteiger partial charge in [0, 0.05) is 17.8 Å².